The summed E-state index contributed by atoms with van der Waals surface area (Å²) in [5.41, 5.74) is 10.9. The lowest BCUT2D eigenvalue weighted by atomic mass is 9.82. The van der Waals surface area contributed by atoms with E-state index < -0.39 is 0 Å². The largest absolute Gasteiger partial charge is 0.254 e. The summed E-state index contributed by atoms with van der Waals surface area (Å²) in [6.45, 7) is 4.57. The van der Waals surface area contributed by atoms with Gasteiger partial charge in [-0.2, -0.15) is 0 Å². The molecule has 0 amide bonds. The minimum atomic E-state index is -0.161. The van der Waals surface area contributed by atoms with Crippen LogP contribution in [0.15, 0.2) is 128 Å². The smallest absolute Gasteiger partial charge is 0.164 e. The summed E-state index contributed by atoms with van der Waals surface area (Å²) in [4.78, 5) is 34.4. The van der Waals surface area contributed by atoms with Crippen molar-refractivity contribution in [1.29, 1.82) is 0 Å². The van der Waals surface area contributed by atoms with E-state index in [0.29, 0.717) is 17.5 Å². The number of hydrogen-bond acceptors (Lipinski definition) is 7. The van der Waals surface area contributed by atoms with Crippen LogP contribution < -0.4 is 0 Å². The average molecular weight is 630 g/mol. The van der Waals surface area contributed by atoms with Crippen molar-refractivity contribution in [3.05, 3.63) is 139 Å². The Morgan fingerprint density at radius 2 is 0.959 bits per heavy atom. The fourth-order valence-electron chi connectivity index (χ4n) is 7.49. The SMILES string of the molecule is CC1(C)c2ccccc2-c2ccc(-c3nc(-c4ccnc5c4ccc4cccnc45)nc(-c4ccnc5c4ccc4cccnc45)n3)cc21. The summed E-state index contributed by atoms with van der Waals surface area (Å²) in [5.74, 6) is 1.73. The molecule has 49 heavy (non-hydrogen) atoms. The Hall–Kier alpha value is -6.47. The molecular formula is C42H27N7. The molecule has 0 saturated carbocycles. The zero-order chi connectivity index (χ0) is 32.7. The molecule has 7 heteroatoms. The van der Waals surface area contributed by atoms with Gasteiger partial charge in [-0.3, -0.25) is 19.9 Å². The van der Waals surface area contributed by atoms with E-state index >= 15 is 0 Å². The molecule has 0 N–H and O–H groups in total. The minimum Gasteiger partial charge on any atom is -0.254 e. The zero-order valence-corrected chi connectivity index (χ0v) is 26.8. The van der Waals surface area contributed by atoms with Gasteiger partial charge in [-0.25, -0.2) is 15.0 Å². The van der Waals surface area contributed by atoms with E-state index in [9.17, 15) is 0 Å². The molecule has 5 heterocycles. The molecule has 0 radical (unpaired) electrons. The molecule has 7 nitrogen and oxygen atoms in total. The standard InChI is InChI=1S/C42H27N7/c1-42(2)33-10-4-3-9-27(33)28-14-13-26(23-34(28)42)39-47-40(31-17-21-45-37-29(31)15-11-24-7-5-19-43-35(24)37)49-41(48-39)32-18-22-46-38-30(32)16-12-25-8-6-20-44-36(25)38/h3-23H,1-2H3. The topological polar surface area (TPSA) is 90.2 Å². The van der Waals surface area contributed by atoms with Gasteiger partial charge in [0.2, 0.25) is 0 Å². The number of pyridine rings is 4. The summed E-state index contributed by atoms with van der Waals surface area (Å²) >= 11 is 0. The highest BCUT2D eigenvalue weighted by Crippen LogP contribution is 2.49. The Morgan fingerprint density at radius 3 is 1.59 bits per heavy atom. The highest BCUT2D eigenvalue weighted by Gasteiger charge is 2.35. The lowest BCUT2D eigenvalue weighted by Gasteiger charge is -2.21. The van der Waals surface area contributed by atoms with Gasteiger partial charge in [0.1, 0.15) is 0 Å². The Labute approximate surface area is 281 Å². The fraction of sp³-hybridized carbons (Fsp3) is 0.0714. The van der Waals surface area contributed by atoms with Crippen LogP contribution in [0.3, 0.4) is 0 Å². The Morgan fingerprint density at radius 1 is 0.408 bits per heavy atom. The van der Waals surface area contributed by atoms with Gasteiger partial charge in [0.15, 0.2) is 17.5 Å². The van der Waals surface area contributed by atoms with Gasteiger partial charge in [-0.1, -0.05) is 86.6 Å². The van der Waals surface area contributed by atoms with Crippen molar-refractivity contribution in [2.75, 3.05) is 0 Å². The summed E-state index contributed by atoms with van der Waals surface area (Å²) in [6.07, 6.45) is 7.22. The van der Waals surface area contributed by atoms with E-state index in [-0.39, 0.29) is 5.41 Å². The van der Waals surface area contributed by atoms with Crippen LogP contribution in [0.1, 0.15) is 25.0 Å². The van der Waals surface area contributed by atoms with Crippen molar-refractivity contribution in [2.24, 2.45) is 0 Å². The summed E-state index contributed by atoms with van der Waals surface area (Å²) in [6, 6.07) is 35.5. The van der Waals surface area contributed by atoms with Crippen LogP contribution in [0.5, 0.6) is 0 Å². The Balaban J connectivity index is 1.24. The predicted molar refractivity (Wildman–Crippen MR) is 195 cm³/mol. The molecule has 0 atom stereocenters. The number of benzene rings is 4. The summed E-state index contributed by atoms with van der Waals surface area (Å²) < 4.78 is 0. The third-order valence-corrected chi connectivity index (χ3v) is 9.92. The second-order valence-electron chi connectivity index (χ2n) is 13.0. The van der Waals surface area contributed by atoms with Crippen LogP contribution in [0.2, 0.25) is 0 Å². The van der Waals surface area contributed by atoms with Gasteiger partial charge in [0.25, 0.3) is 0 Å². The van der Waals surface area contributed by atoms with Crippen LogP contribution in [-0.4, -0.2) is 34.9 Å². The van der Waals surface area contributed by atoms with Crippen molar-refractivity contribution >= 4 is 43.6 Å². The van der Waals surface area contributed by atoms with Gasteiger partial charge in [-0.15, -0.1) is 0 Å². The number of rotatable bonds is 3. The van der Waals surface area contributed by atoms with Gasteiger partial charge >= 0.3 is 0 Å². The van der Waals surface area contributed by atoms with E-state index in [4.69, 9.17) is 24.9 Å². The lowest BCUT2D eigenvalue weighted by Crippen LogP contribution is -2.15. The minimum absolute atomic E-state index is 0.161. The average Bonchev–Trinajstić information content (AvgIpc) is 3.39. The molecule has 0 saturated heterocycles. The van der Waals surface area contributed by atoms with E-state index in [0.717, 1.165) is 60.3 Å². The number of hydrogen-bond donors (Lipinski definition) is 0. The monoisotopic (exact) mass is 629 g/mol. The molecule has 0 bridgehead atoms. The maximum absolute atomic E-state index is 5.18. The number of fused-ring (bicyclic) bond motifs is 9. The molecule has 0 unspecified atom stereocenters. The molecule has 10 rings (SSSR count). The summed E-state index contributed by atoms with van der Waals surface area (Å²) in [7, 11) is 0. The maximum Gasteiger partial charge on any atom is 0.164 e. The van der Waals surface area contributed by atoms with E-state index in [1.54, 1.807) is 12.4 Å². The first-order chi connectivity index (χ1) is 24.0. The highest BCUT2D eigenvalue weighted by molar-refractivity contribution is 6.09. The zero-order valence-electron chi connectivity index (χ0n) is 26.8. The first kappa shape index (κ1) is 27.6. The molecule has 0 spiro atoms. The van der Waals surface area contributed by atoms with Crippen molar-refractivity contribution < 1.29 is 0 Å². The molecule has 0 fully saturated rings. The van der Waals surface area contributed by atoms with Gasteiger partial charge in [0.05, 0.1) is 22.1 Å². The first-order valence-electron chi connectivity index (χ1n) is 16.3. The third-order valence-electron chi connectivity index (χ3n) is 9.92. The number of aromatic nitrogens is 7. The lowest BCUT2D eigenvalue weighted by molar-refractivity contribution is 0.660. The molecule has 5 aromatic heterocycles. The number of nitrogens with zero attached hydrogens (tertiary/aromatic N) is 7. The van der Waals surface area contributed by atoms with Crippen molar-refractivity contribution in [2.45, 2.75) is 19.3 Å². The quantitative estimate of drug-likeness (QED) is 0.180. The van der Waals surface area contributed by atoms with E-state index in [1.165, 1.54) is 22.3 Å². The first-order valence-corrected chi connectivity index (χ1v) is 16.3. The van der Waals surface area contributed by atoms with Crippen molar-refractivity contribution in [3.63, 3.8) is 0 Å². The third kappa shape index (κ3) is 4.12. The van der Waals surface area contributed by atoms with Crippen LogP contribution >= 0.6 is 0 Å². The van der Waals surface area contributed by atoms with Crippen LogP contribution in [0, 0.1) is 0 Å². The second-order valence-corrected chi connectivity index (χ2v) is 13.0. The maximum atomic E-state index is 5.18. The van der Waals surface area contributed by atoms with E-state index in [2.05, 4.69) is 103 Å². The Bertz CT molecular complexity index is 2690. The molecule has 9 aromatic rings. The summed E-state index contributed by atoms with van der Waals surface area (Å²) in [5, 5.41) is 3.92. The molecule has 1 aliphatic rings. The highest BCUT2D eigenvalue weighted by atomic mass is 15.0. The predicted octanol–water partition coefficient (Wildman–Crippen LogP) is 9.37. The van der Waals surface area contributed by atoms with E-state index in [1.807, 2.05) is 36.7 Å². The molecule has 230 valence electrons. The van der Waals surface area contributed by atoms with Gasteiger partial charge in [-0.05, 0) is 52.6 Å². The second kappa shape index (κ2) is 10.3. The van der Waals surface area contributed by atoms with Crippen LogP contribution in [-0.2, 0) is 5.41 Å². The normalized spacial score (nSPS) is 13.3. The molecule has 4 aromatic carbocycles. The van der Waals surface area contributed by atoms with Gasteiger partial charge < -0.3 is 0 Å². The van der Waals surface area contributed by atoms with Crippen LogP contribution in [0.4, 0.5) is 0 Å². The Kier molecular flexibility index (Phi) is 5.79. The fourth-order valence-corrected chi connectivity index (χ4v) is 7.49. The molecule has 0 aliphatic heterocycles. The van der Waals surface area contributed by atoms with Crippen molar-refractivity contribution in [1.82, 2.24) is 34.9 Å². The van der Waals surface area contributed by atoms with Crippen molar-refractivity contribution in [3.8, 4) is 45.3 Å². The van der Waals surface area contributed by atoms with Gasteiger partial charge in [0, 0.05) is 68.4 Å². The molecule has 1 aliphatic carbocycles. The van der Waals surface area contributed by atoms with Crippen LogP contribution in [0.25, 0.3) is 88.9 Å². The molecular weight excluding hydrogens is 603 g/mol.